The van der Waals surface area contributed by atoms with Crippen molar-refractivity contribution in [3.05, 3.63) is 59.4 Å². The van der Waals surface area contributed by atoms with Crippen molar-refractivity contribution >= 4 is 17.4 Å². The van der Waals surface area contributed by atoms with Crippen molar-refractivity contribution in [2.45, 2.75) is 30.4 Å². The number of halogens is 1. The van der Waals surface area contributed by atoms with Gasteiger partial charge in [0.05, 0.1) is 0 Å². The lowest BCUT2D eigenvalue weighted by Gasteiger charge is -2.07. The van der Waals surface area contributed by atoms with Gasteiger partial charge in [0.25, 0.3) is 0 Å². The predicted octanol–water partition coefficient (Wildman–Crippen LogP) is 4.82. The lowest BCUT2D eigenvalue weighted by Crippen LogP contribution is -1.90. The molecule has 0 spiro atoms. The number of hydrogen-bond acceptors (Lipinski definition) is 2. The van der Waals surface area contributed by atoms with Crippen LogP contribution in [0.15, 0.2) is 47.4 Å². The van der Waals surface area contributed by atoms with Gasteiger partial charge in [0.15, 0.2) is 0 Å². The maximum Gasteiger partial charge on any atom is 0.125 e. The summed E-state index contributed by atoms with van der Waals surface area (Å²) in [6, 6.07) is 13.2. The van der Waals surface area contributed by atoms with Gasteiger partial charge in [0.1, 0.15) is 5.82 Å². The quantitative estimate of drug-likeness (QED) is 0.639. The SMILES string of the molecule is CC(C)c1ccc(SCc2cc(N)cc(F)c2)cc1. The highest BCUT2D eigenvalue weighted by molar-refractivity contribution is 7.98. The van der Waals surface area contributed by atoms with Crippen molar-refractivity contribution < 1.29 is 4.39 Å². The van der Waals surface area contributed by atoms with Crippen LogP contribution in [0.3, 0.4) is 0 Å². The largest absolute Gasteiger partial charge is 0.399 e. The van der Waals surface area contributed by atoms with Crippen LogP contribution >= 0.6 is 11.8 Å². The van der Waals surface area contributed by atoms with Gasteiger partial charge >= 0.3 is 0 Å². The summed E-state index contributed by atoms with van der Waals surface area (Å²) in [5.41, 5.74) is 8.36. The van der Waals surface area contributed by atoms with E-state index in [1.54, 1.807) is 11.8 Å². The Kier molecular flexibility index (Phi) is 4.48. The molecule has 0 saturated heterocycles. The minimum absolute atomic E-state index is 0.272. The van der Waals surface area contributed by atoms with Gasteiger partial charge in [-0.05, 0) is 47.4 Å². The van der Waals surface area contributed by atoms with Gasteiger partial charge < -0.3 is 5.73 Å². The van der Waals surface area contributed by atoms with E-state index in [0.717, 1.165) is 11.3 Å². The molecule has 0 radical (unpaired) electrons. The molecule has 19 heavy (non-hydrogen) atoms. The summed E-state index contributed by atoms with van der Waals surface area (Å²) in [6.45, 7) is 4.36. The third-order valence-corrected chi connectivity index (χ3v) is 4.02. The Labute approximate surface area is 118 Å². The van der Waals surface area contributed by atoms with Crippen molar-refractivity contribution in [2.75, 3.05) is 5.73 Å². The minimum Gasteiger partial charge on any atom is -0.399 e. The Morgan fingerprint density at radius 1 is 1.11 bits per heavy atom. The molecule has 2 rings (SSSR count). The van der Waals surface area contributed by atoms with Crippen LogP contribution in [0, 0.1) is 5.82 Å². The first-order valence-electron chi connectivity index (χ1n) is 6.32. The van der Waals surface area contributed by atoms with E-state index < -0.39 is 0 Å². The van der Waals surface area contributed by atoms with Crippen LogP contribution in [0.1, 0.15) is 30.9 Å². The van der Waals surface area contributed by atoms with E-state index in [-0.39, 0.29) is 5.82 Å². The number of nitrogens with two attached hydrogens (primary N) is 1. The Morgan fingerprint density at radius 3 is 2.37 bits per heavy atom. The van der Waals surface area contributed by atoms with Crippen LogP contribution in [-0.2, 0) is 5.75 Å². The number of hydrogen-bond donors (Lipinski definition) is 1. The first-order valence-corrected chi connectivity index (χ1v) is 7.31. The highest BCUT2D eigenvalue weighted by Crippen LogP contribution is 2.26. The van der Waals surface area contributed by atoms with Crippen LogP contribution in [-0.4, -0.2) is 0 Å². The van der Waals surface area contributed by atoms with E-state index in [4.69, 9.17) is 5.73 Å². The second-order valence-electron chi connectivity index (χ2n) is 4.91. The van der Waals surface area contributed by atoms with Gasteiger partial charge in [-0.2, -0.15) is 0 Å². The van der Waals surface area contributed by atoms with Crippen LogP contribution in [0.4, 0.5) is 10.1 Å². The summed E-state index contributed by atoms with van der Waals surface area (Å²) >= 11 is 1.69. The van der Waals surface area contributed by atoms with E-state index in [9.17, 15) is 4.39 Å². The molecular weight excluding hydrogens is 257 g/mol. The fourth-order valence-electron chi connectivity index (χ4n) is 1.87. The molecule has 0 aliphatic carbocycles. The molecule has 0 saturated carbocycles. The topological polar surface area (TPSA) is 26.0 Å². The molecule has 0 bridgehead atoms. The van der Waals surface area contributed by atoms with Crippen molar-refractivity contribution in [2.24, 2.45) is 0 Å². The first kappa shape index (κ1) is 13.9. The van der Waals surface area contributed by atoms with Crippen molar-refractivity contribution in [3.8, 4) is 0 Å². The molecule has 0 unspecified atom stereocenters. The third kappa shape index (κ3) is 4.00. The molecule has 2 aromatic carbocycles. The Morgan fingerprint density at radius 2 is 1.79 bits per heavy atom. The Hall–Kier alpha value is -1.48. The van der Waals surface area contributed by atoms with Crippen LogP contribution < -0.4 is 5.73 Å². The molecule has 1 nitrogen and oxygen atoms in total. The standard InChI is InChI=1S/C16H18FNS/c1-11(2)13-3-5-16(6-4-13)19-10-12-7-14(17)9-15(18)8-12/h3-9,11H,10,18H2,1-2H3. The Balaban J connectivity index is 2.02. The molecule has 0 amide bonds. The maximum atomic E-state index is 13.2. The average Bonchev–Trinajstić information content (AvgIpc) is 2.36. The Bertz CT molecular complexity index is 529. The molecule has 2 aromatic rings. The van der Waals surface area contributed by atoms with Crippen molar-refractivity contribution in [1.29, 1.82) is 0 Å². The lowest BCUT2D eigenvalue weighted by molar-refractivity contribution is 0.627. The van der Waals surface area contributed by atoms with E-state index >= 15 is 0 Å². The predicted molar refractivity (Wildman–Crippen MR) is 80.9 cm³/mol. The average molecular weight is 275 g/mol. The minimum atomic E-state index is -0.272. The number of nitrogen functional groups attached to an aromatic ring is 1. The monoisotopic (exact) mass is 275 g/mol. The van der Waals surface area contributed by atoms with Crippen LogP contribution in [0.25, 0.3) is 0 Å². The number of rotatable bonds is 4. The number of benzene rings is 2. The fourth-order valence-corrected chi connectivity index (χ4v) is 2.70. The summed E-state index contributed by atoms with van der Waals surface area (Å²) in [7, 11) is 0. The van der Waals surface area contributed by atoms with Gasteiger partial charge in [-0.15, -0.1) is 11.8 Å². The summed E-state index contributed by atoms with van der Waals surface area (Å²) < 4.78 is 13.2. The molecule has 3 heteroatoms. The zero-order valence-corrected chi connectivity index (χ0v) is 12.0. The third-order valence-electron chi connectivity index (χ3n) is 2.93. The molecule has 0 aliphatic heterocycles. The van der Waals surface area contributed by atoms with Gasteiger partial charge in [-0.25, -0.2) is 4.39 Å². The summed E-state index contributed by atoms with van der Waals surface area (Å²) in [4.78, 5) is 1.19. The second kappa shape index (κ2) is 6.11. The van der Waals surface area contributed by atoms with Crippen molar-refractivity contribution in [1.82, 2.24) is 0 Å². The summed E-state index contributed by atoms with van der Waals surface area (Å²) in [5.74, 6) is 0.996. The molecular formula is C16H18FNS. The lowest BCUT2D eigenvalue weighted by atomic mass is 10.0. The first-order chi connectivity index (χ1) is 9.04. The van der Waals surface area contributed by atoms with Crippen LogP contribution in [0.2, 0.25) is 0 Å². The molecule has 0 heterocycles. The smallest absolute Gasteiger partial charge is 0.125 e. The number of anilines is 1. The van der Waals surface area contributed by atoms with Crippen molar-refractivity contribution in [3.63, 3.8) is 0 Å². The molecule has 0 fully saturated rings. The van der Waals surface area contributed by atoms with E-state index in [1.807, 2.05) is 6.07 Å². The van der Waals surface area contributed by atoms with E-state index in [2.05, 4.69) is 38.1 Å². The highest BCUT2D eigenvalue weighted by atomic mass is 32.2. The van der Waals surface area contributed by atoms with E-state index in [0.29, 0.717) is 11.6 Å². The zero-order valence-electron chi connectivity index (χ0n) is 11.2. The summed E-state index contributed by atoms with van der Waals surface area (Å²) in [6.07, 6.45) is 0. The molecule has 0 aromatic heterocycles. The molecule has 0 aliphatic rings. The van der Waals surface area contributed by atoms with Gasteiger partial charge in [-0.1, -0.05) is 26.0 Å². The van der Waals surface area contributed by atoms with Crippen LogP contribution in [0.5, 0.6) is 0 Å². The molecule has 2 N–H and O–H groups in total. The second-order valence-corrected chi connectivity index (χ2v) is 5.95. The normalized spacial score (nSPS) is 10.9. The van der Waals surface area contributed by atoms with Gasteiger partial charge in [0.2, 0.25) is 0 Å². The number of thioether (sulfide) groups is 1. The molecule has 100 valence electrons. The van der Waals surface area contributed by atoms with E-state index in [1.165, 1.54) is 22.6 Å². The molecule has 0 atom stereocenters. The van der Waals surface area contributed by atoms with Gasteiger partial charge in [0, 0.05) is 16.3 Å². The maximum absolute atomic E-state index is 13.2. The van der Waals surface area contributed by atoms with Gasteiger partial charge in [-0.3, -0.25) is 0 Å². The highest BCUT2D eigenvalue weighted by Gasteiger charge is 2.02. The summed E-state index contributed by atoms with van der Waals surface area (Å²) in [5, 5.41) is 0. The fraction of sp³-hybridized carbons (Fsp3) is 0.250. The zero-order chi connectivity index (χ0) is 13.8.